The average molecular weight is 293 g/mol. The van der Waals surface area contributed by atoms with E-state index >= 15 is 0 Å². The number of hydrogen-bond donors (Lipinski definition) is 1. The first-order valence-electron chi connectivity index (χ1n) is 6.92. The minimum absolute atomic E-state index is 0.0497. The molecular formula is C16H23NO4. The monoisotopic (exact) mass is 293 g/mol. The summed E-state index contributed by atoms with van der Waals surface area (Å²) in [5.41, 5.74) is 0.412. The molecule has 0 bridgehead atoms. The third-order valence-electron chi connectivity index (χ3n) is 2.57. The van der Waals surface area contributed by atoms with E-state index in [1.807, 2.05) is 30.3 Å². The van der Waals surface area contributed by atoms with Gasteiger partial charge in [-0.1, -0.05) is 30.3 Å². The van der Waals surface area contributed by atoms with Gasteiger partial charge in [0, 0.05) is 0 Å². The summed E-state index contributed by atoms with van der Waals surface area (Å²) >= 11 is 0. The van der Waals surface area contributed by atoms with Crippen LogP contribution in [0.4, 0.5) is 4.79 Å². The zero-order chi connectivity index (χ0) is 15.9. The molecule has 0 saturated carbocycles. The van der Waals surface area contributed by atoms with Gasteiger partial charge in [0.1, 0.15) is 12.2 Å². The predicted molar refractivity (Wildman–Crippen MR) is 79.9 cm³/mol. The Bertz CT molecular complexity index is 465. The van der Waals surface area contributed by atoms with Gasteiger partial charge in [0.15, 0.2) is 5.78 Å². The molecule has 0 aromatic heterocycles. The van der Waals surface area contributed by atoms with Crippen LogP contribution in [0.2, 0.25) is 0 Å². The molecule has 1 amide bonds. The number of Topliss-reactive ketones (excluding diaryl/α,β-unsaturated/α-hetero) is 1. The largest absolute Gasteiger partial charge is 0.444 e. The normalized spacial score (nSPS) is 12.6. The predicted octanol–water partition coefficient (Wildman–Crippen LogP) is 2.69. The van der Waals surface area contributed by atoms with Gasteiger partial charge in [-0.3, -0.25) is 4.79 Å². The summed E-state index contributed by atoms with van der Waals surface area (Å²) in [6, 6.07) is 8.94. The fourth-order valence-corrected chi connectivity index (χ4v) is 1.53. The van der Waals surface area contributed by atoms with Crippen LogP contribution in [0.5, 0.6) is 0 Å². The number of alkyl carbamates (subject to hydrolysis) is 1. The molecule has 1 unspecified atom stereocenters. The number of hydrogen-bond acceptors (Lipinski definition) is 4. The van der Waals surface area contributed by atoms with Gasteiger partial charge in [0.2, 0.25) is 0 Å². The average Bonchev–Trinajstić information content (AvgIpc) is 2.37. The SMILES string of the molecule is CC(NC(=O)OC(C)(C)C)C(=O)COCc1ccccc1. The zero-order valence-electron chi connectivity index (χ0n) is 13.0. The summed E-state index contributed by atoms with van der Waals surface area (Å²) in [5, 5.41) is 2.49. The van der Waals surface area contributed by atoms with Crippen LogP contribution in [0, 0.1) is 0 Å². The van der Waals surface area contributed by atoms with Gasteiger partial charge >= 0.3 is 6.09 Å². The van der Waals surface area contributed by atoms with Crippen molar-refractivity contribution in [2.75, 3.05) is 6.61 Å². The van der Waals surface area contributed by atoms with Crippen LogP contribution < -0.4 is 5.32 Å². The van der Waals surface area contributed by atoms with E-state index in [2.05, 4.69) is 5.32 Å². The molecule has 0 fully saturated rings. The summed E-state index contributed by atoms with van der Waals surface area (Å²) in [4.78, 5) is 23.4. The Kier molecular flexibility index (Phi) is 6.37. The van der Waals surface area contributed by atoms with E-state index in [0.29, 0.717) is 6.61 Å². The van der Waals surface area contributed by atoms with E-state index in [-0.39, 0.29) is 12.4 Å². The van der Waals surface area contributed by atoms with E-state index in [1.54, 1.807) is 27.7 Å². The van der Waals surface area contributed by atoms with Gasteiger partial charge in [-0.05, 0) is 33.3 Å². The van der Waals surface area contributed by atoms with Crippen LogP contribution in [0.3, 0.4) is 0 Å². The maximum absolute atomic E-state index is 11.8. The summed E-state index contributed by atoms with van der Waals surface area (Å²) < 4.78 is 10.4. The maximum Gasteiger partial charge on any atom is 0.408 e. The van der Waals surface area contributed by atoms with Crippen molar-refractivity contribution in [1.29, 1.82) is 0 Å². The first kappa shape index (κ1) is 17.2. The van der Waals surface area contributed by atoms with E-state index in [0.717, 1.165) is 5.56 Å². The highest BCUT2D eigenvalue weighted by Gasteiger charge is 2.20. The fourth-order valence-electron chi connectivity index (χ4n) is 1.53. The van der Waals surface area contributed by atoms with Crippen molar-refractivity contribution >= 4 is 11.9 Å². The van der Waals surface area contributed by atoms with Crippen LogP contribution >= 0.6 is 0 Å². The van der Waals surface area contributed by atoms with Crippen LogP contribution in [0.15, 0.2) is 30.3 Å². The number of amides is 1. The Morgan fingerprint density at radius 3 is 2.38 bits per heavy atom. The Morgan fingerprint density at radius 2 is 1.81 bits per heavy atom. The molecule has 1 rings (SSSR count). The molecule has 1 atom stereocenters. The molecule has 21 heavy (non-hydrogen) atoms. The van der Waals surface area contributed by atoms with E-state index in [4.69, 9.17) is 9.47 Å². The second-order valence-corrected chi connectivity index (χ2v) is 5.81. The van der Waals surface area contributed by atoms with Gasteiger partial charge in [0.05, 0.1) is 12.6 Å². The number of nitrogens with one attached hydrogen (secondary N) is 1. The van der Waals surface area contributed by atoms with Crippen molar-refractivity contribution in [3.05, 3.63) is 35.9 Å². The molecule has 5 heteroatoms. The minimum atomic E-state index is -0.643. The van der Waals surface area contributed by atoms with Crippen LogP contribution in [0.25, 0.3) is 0 Å². The molecule has 116 valence electrons. The Labute approximate surface area is 125 Å². The van der Waals surface area contributed by atoms with Crippen molar-refractivity contribution in [2.24, 2.45) is 0 Å². The smallest absolute Gasteiger partial charge is 0.408 e. The Balaban J connectivity index is 2.29. The molecule has 0 spiro atoms. The highest BCUT2D eigenvalue weighted by atomic mass is 16.6. The van der Waals surface area contributed by atoms with Crippen molar-refractivity contribution in [1.82, 2.24) is 5.32 Å². The third kappa shape index (κ3) is 7.46. The lowest BCUT2D eigenvalue weighted by atomic mass is 10.2. The van der Waals surface area contributed by atoms with Gasteiger partial charge in [-0.2, -0.15) is 0 Å². The second kappa shape index (κ2) is 7.78. The second-order valence-electron chi connectivity index (χ2n) is 5.81. The first-order valence-corrected chi connectivity index (χ1v) is 6.92. The number of carbonyl (C=O) groups is 2. The highest BCUT2D eigenvalue weighted by Crippen LogP contribution is 2.07. The first-order chi connectivity index (χ1) is 9.78. The van der Waals surface area contributed by atoms with Gasteiger partial charge < -0.3 is 14.8 Å². The van der Waals surface area contributed by atoms with Crippen molar-refractivity contribution in [2.45, 2.75) is 45.9 Å². The number of ether oxygens (including phenoxy) is 2. The van der Waals surface area contributed by atoms with E-state index in [9.17, 15) is 9.59 Å². The molecule has 5 nitrogen and oxygen atoms in total. The van der Waals surface area contributed by atoms with E-state index in [1.165, 1.54) is 0 Å². The summed E-state index contributed by atoms with van der Waals surface area (Å²) in [5.74, 6) is -0.197. The van der Waals surface area contributed by atoms with Crippen molar-refractivity contribution in [3.63, 3.8) is 0 Å². The summed E-state index contributed by atoms with van der Waals surface area (Å²) in [6.45, 7) is 7.22. The van der Waals surface area contributed by atoms with Gasteiger partial charge in [-0.15, -0.1) is 0 Å². The standard InChI is InChI=1S/C16H23NO4/c1-12(17-15(19)21-16(2,3)4)14(18)11-20-10-13-8-6-5-7-9-13/h5-9,12H,10-11H2,1-4H3,(H,17,19). The number of rotatable bonds is 6. The molecule has 0 radical (unpaired) electrons. The lowest BCUT2D eigenvalue weighted by molar-refractivity contribution is -0.125. The molecule has 1 N–H and O–H groups in total. The fraction of sp³-hybridized carbons (Fsp3) is 0.500. The third-order valence-corrected chi connectivity index (χ3v) is 2.57. The van der Waals surface area contributed by atoms with Gasteiger partial charge in [-0.25, -0.2) is 4.79 Å². The molecule has 0 heterocycles. The van der Waals surface area contributed by atoms with Crippen LogP contribution in [-0.4, -0.2) is 30.1 Å². The maximum atomic E-state index is 11.8. The Morgan fingerprint density at radius 1 is 1.19 bits per heavy atom. The molecule has 0 aliphatic rings. The van der Waals surface area contributed by atoms with Crippen LogP contribution in [0.1, 0.15) is 33.3 Å². The molecule has 1 aromatic carbocycles. The molecule has 0 saturated heterocycles. The number of ketones is 1. The van der Waals surface area contributed by atoms with E-state index < -0.39 is 17.7 Å². The zero-order valence-corrected chi connectivity index (χ0v) is 13.0. The van der Waals surface area contributed by atoms with Gasteiger partial charge in [0.25, 0.3) is 0 Å². The molecule has 1 aromatic rings. The minimum Gasteiger partial charge on any atom is -0.444 e. The molecule has 0 aliphatic carbocycles. The van der Waals surface area contributed by atoms with Crippen molar-refractivity contribution < 1.29 is 19.1 Å². The van der Waals surface area contributed by atoms with Crippen LogP contribution in [-0.2, 0) is 20.9 Å². The summed E-state index contributed by atoms with van der Waals surface area (Å²) in [7, 11) is 0. The topological polar surface area (TPSA) is 64.6 Å². The highest BCUT2D eigenvalue weighted by molar-refractivity contribution is 5.88. The Hall–Kier alpha value is -1.88. The number of carbonyl (C=O) groups excluding carboxylic acids is 2. The van der Waals surface area contributed by atoms with Crippen molar-refractivity contribution in [3.8, 4) is 0 Å². The lowest BCUT2D eigenvalue weighted by Crippen LogP contribution is -2.42. The quantitative estimate of drug-likeness (QED) is 0.876. The summed E-state index contributed by atoms with van der Waals surface area (Å²) in [6.07, 6.45) is -0.605. The molecular weight excluding hydrogens is 270 g/mol. The lowest BCUT2D eigenvalue weighted by Gasteiger charge is -2.21. The molecule has 0 aliphatic heterocycles. The number of benzene rings is 1.